The lowest BCUT2D eigenvalue weighted by atomic mass is 10.2. The number of amides is 1. The topological polar surface area (TPSA) is 98.5 Å². The van der Waals surface area contributed by atoms with Crippen LogP contribution < -0.4 is 15.2 Å². The largest absolute Gasteiger partial charge is 0.482 e. The summed E-state index contributed by atoms with van der Waals surface area (Å²) >= 11 is 0. The summed E-state index contributed by atoms with van der Waals surface area (Å²) in [5.41, 5.74) is 0.591. The van der Waals surface area contributed by atoms with Crippen LogP contribution in [0.3, 0.4) is 0 Å². The van der Waals surface area contributed by atoms with E-state index in [1.165, 1.54) is 18.2 Å². The maximum absolute atomic E-state index is 11.9. The molecule has 0 radical (unpaired) electrons. The van der Waals surface area contributed by atoms with E-state index in [2.05, 4.69) is 0 Å². The molecule has 1 aromatic rings. The molecule has 0 saturated carbocycles. The van der Waals surface area contributed by atoms with E-state index < -0.39 is 35.3 Å². The monoisotopic (exact) mass is 326 g/mol. The van der Waals surface area contributed by atoms with Gasteiger partial charge in [-0.2, -0.15) is 13.2 Å². The number of hydrogen-bond donors (Lipinski definition) is 2. The number of carbonyl (C=O) groups excluding carboxylic acids is 1. The van der Waals surface area contributed by atoms with Gasteiger partial charge in [0.25, 0.3) is 5.91 Å². The van der Waals surface area contributed by atoms with Gasteiger partial charge >= 0.3 is 6.18 Å². The Morgan fingerprint density at radius 3 is 2.52 bits per heavy atom. The molecule has 0 bridgehead atoms. The van der Waals surface area contributed by atoms with E-state index in [4.69, 9.17) is 9.88 Å². The van der Waals surface area contributed by atoms with Gasteiger partial charge in [0.2, 0.25) is 10.0 Å². The van der Waals surface area contributed by atoms with Crippen LogP contribution in [0.5, 0.6) is 5.75 Å². The number of alkyl halides is 3. The molecule has 0 aromatic heterocycles. The van der Waals surface area contributed by atoms with E-state index in [1.807, 2.05) is 0 Å². The van der Waals surface area contributed by atoms with Crippen molar-refractivity contribution in [2.45, 2.75) is 18.0 Å². The van der Waals surface area contributed by atoms with Gasteiger partial charge in [0.05, 0.1) is 0 Å². The number of ether oxygens (including phenoxy) is 1. The van der Waals surface area contributed by atoms with Gasteiger partial charge in [0, 0.05) is 0 Å². The van der Waals surface area contributed by atoms with Crippen LogP contribution >= 0.6 is 0 Å². The van der Waals surface area contributed by atoms with E-state index in [-0.39, 0.29) is 10.6 Å². The van der Waals surface area contributed by atoms with Crippen molar-refractivity contribution in [3.63, 3.8) is 0 Å². The molecule has 0 unspecified atom stereocenters. The molecule has 6 nitrogen and oxygen atoms in total. The zero-order chi connectivity index (χ0) is 16.3. The third kappa shape index (κ3) is 6.00. The first-order valence-electron chi connectivity index (χ1n) is 5.59. The van der Waals surface area contributed by atoms with Gasteiger partial charge < -0.3 is 10.1 Å². The summed E-state index contributed by atoms with van der Waals surface area (Å²) in [6.45, 7) is -0.638. The van der Waals surface area contributed by atoms with E-state index in [0.29, 0.717) is 5.56 Å². The number of nitrogens with two attached hydrogens (primary N) is 1. The van der Waals surface area contributed by atoms with Crippen molar-refractivity contribution in [3.8, 4) is 5.75 Å². The molecule has 3 N–H and O–H groups in total. The van der Waals surface area contributed by atoms with Crippen LogP contribution in [0.2, 0.25) is 0 Å². The minimum Gasteiger partial charge on any atom is -0.482 e. The lowest BCUT2D eigenvalue weighted by Gasteiger charge is -2.12. The van der Waals surface area contributed by atoms with Gasteiger partial charge in [-0.3, -0.25) is 4.79 Å². The predicted octanol–water partition coefficient (Wildman–Crippen LogP) is 0.700. The maximum Gasteiger partial charge on any atom is 0.405 e. The zero-order valence-electron chi connectivity index (χ0n) is 10.9. The van der Waals surface area contributed by atoms with E-state index >= 15 is 0 Å². The van der Waals surface area contributed by atoms with Gasteiger partial charge in [-0.25, -0.2) is 13.6 Å². The lowest BCUT2D eigenvalue weighted by Crippen LogP contribution is -2.36. The van der Waals surface area contributed by atoms with Gasteiger partial charge in [-0.15, -0.1) is 0 Å². The van der Waals surface area contributed by atoms with Crippen molar-refractivity contribution >= 4 is 15.9 Å². The molecule has 1 aromatic carbocycles. The van der Waals surface area contributed by atoms with E-state index in [1.54, 1.807) is 12.2 Å². The number of nitrogens with one attached hydrogen (secondary N) is 1. The second-order valence-corrected chi connectivity index (χ2v) is 5.71. The smallest absolute Gasteiger partial charge is 0.405 e. The Morgan fingerprint density at radius 2 is 2.00 bits per heavy atom. The normalized spacial score (nSPS) is 12.0. The predicted molar refractivity (Wildman–Crippen MR) is 67.1 cm³/mol. The van der Waals surface area contributed by atoms with Crippen LogP contribution in [0.4, 0.5) is 13.2 Å². The minimum atomic E-state index is -4.54. The number of hydrogen-bond acceptors (Lipinski definition) is 4. The van der Waals surface area contributed by atoms with Crippen molar-refractivity contribution in [1.82, 2.24) is 5.32 Å². The fourth-order valence-corrected chi connectivity index (χ4v) is 2.11. The number of aryl methyl sites for hydroxylation is 1. The Kier molecular flexibility index (Phi) is 5.18. The van der Waals surface area contributed by atoms with Gasteiger partial charge in [-0.05, 0) is 24.6 Å². The Bertz CT molecular complexity index is 629. The van der Waals surface area contributed by atoms with Crippen LogP contribution in [0, 0.1) is 6.92 Å². The molecule has 0 aliphatic carbocycles. The van der Waals surface area contributed by atoms with Gasteiger partial charge in [-0.1, -0.05) is 6.07 Å². The lowest BCUT2D eigenvalue weighted by molar-refractivity contribution is -0.139. The first-order chi connectivity index (χ1) is 9.49. The summed E-state index contributed by atoms with van der Waals surface area (Å²) in [6, 6.07) is 4.02. The molecular weight excluding hydrogens is 313 g/mol. The van der Waals surface area contributed by atoms with Crippen molar-refractivity contribution in [3.05, 3.63) is 23.8 Å². The Balaban J connectivity index is 2.74. The summed E-state index contributed by atoms with van der Waals surface area (Å²) in [6.07, 6.45) is -4.54. The van der Waals surface area contributed by atoms with Crippen LogP contribution in [0.1, 0.15) is 5.56 Å². The highest BCUT2D eigenvalue weighted by Gasteiger charge is 2.27. The first kappa shape index (κ1) is 17.2. The SMILES string of the molecule is Cc1ccc(OCC(=O)NCC(F)(F)F)c(S(N)(=O)=O)c1. The summed E-state index contributed by atoms with van der Waals surface area (Å²) in [5, 5.41) is 6.58. The molecule has 10 heteroatoms. The molecular formula is C11H13F3N2O4S. The Labute approximate surface area is 119 Å². The van der Waals surface area contributed by atoms with Gasteiger partial charge in [0.1, 0.15) is 17.2 Å². The first-order valence-corrected chi connectivity index (χ1v) is 7.13. The molecule has 0 atom stereocenters. The highest BCUT2D eigenvalue weighted by atomic mass is 32.2. The Hall–Kier alpha value is -1.81. The third-order valence-electron chi connectivity index (χ3n) is 2.25. The van der Waals surface area contributed by atoms with Crippen LogP contribution in [0.25, 0.3) is 0 Å². The van der Waals surface area contributed by atoms with E-state index in [9.17, 15) is 26.4 Å². The molecule has 118 valence electrons. The van der Waals surface area contributed by atoms with Crippen molar-refractivity contribution in [2.75, 3.05) is 13.2 Å². The molecule has 0 saturated heterocycles. The Morgan fingerprint density at radius 1 is 1.38 bits per heavy atom. The number of carbonyl (C=O) groups is 1. The molecule has 0 aliphatic rings. The number of sulfonamides is 1. The molecule has 0 aliphatic heterocycles. The third-order valence-corrected chi connectivity index (χ3v) is 3.18. The maximum atomic E-state index is 11.9. The van der Waals surface area contributed by atoms with E-state index in [0.717, 1.165) is 0 Å². The van der Waals surface area contributed by atoms with Crippen LogP contribution in [-0.2, 0) is 14.8 Å². The van der Waals surface area contributed by atoms with Crippen molar-refractivity contribution in [2.24, 2.45) is 5.14 Å². The molecule has 0 spiro atoms. The van der Waals surface area contributed by atoms with Crippen LogP contribution in [0.15, 0.2) is 23.1 Å². The summed E-state index contributed by atoms with van der Waals surface area (Å²) in [7, 11) is -4.08. The van der Waals surface area contributed by atoms with Gasteiger partial charge in [0.15, 0.2) is 6.61 Å². The van der Waals surface area contributed by atoms with Crippen molar-refractivity contribution < 1.29 is 31.1 Å². The molecule has 1 amide bonds. The fraction of sp³-hybridized carbons (Fsp3) is 0.364. The number of rotatable bonds is 5. The highest BCUT2D eigenvalue weighted by molar-refractivity contribution is 7.89. The quantitative estimate of drug-likeness (QED) is 0.832. The summed E-state index contributed by atoms with van der Waals surface area (Å²) in [5.74, 6) is -1.24. The molecule has 0 fully saturated rings. The molecule has 1 rings (SSSR count). The molecule has 0 heterocycles. The number of primary sulfonamides is 1. The summed E-state index contributed by atoms with van der Waals surface area (Å²) < 4.78 is 63.3. The highest BCUT2D eigenvalue weighted by Crippen LogP contribution is 2.23. The second kappa shape index (κ2) is 6.31. The number of benzene rings is 1. The standard InChI is InChI=1S/C11H13F3N2O4S/c1-7-2-3-8(9(4-7)21(15,18)19)20-5-10(17)16-6-11(12,13)14/h2-4H,5-6H2,1H3,(H,16,17)(H2,15,18,19). The van der Waals surface area contributed by atoms with Crippen LogP contribution in [-0.4, -0.2) is 33.7 Å². The number of halogens is 3. The average molecular weight is 326 g/mol. The summed E-state index contributed by atoms with van der Waals surface area (Å²) in [4.78, 5) is 10.8. The average Bonchev–Trinajstić information content (AvgIpc) is 2.32. The fourth-order valence-electron chi connectivity index (χ4n) is 1.35. The second-order valence-electron chi connectivity index (χ2n) is 4.18. The molecule has 21 heavy (non-hydrogen) atoms. The zero-order valence-corrected chi connectivity index (χ0v) is 11.7. The van der Waals surface area contributed by atoms with Crippen molar-refractivity contribution in [1.29, 1.82) is 0 Å². The minimum absolute atomic E-state index is 0.203.